The van der Waals surface area contributed by atoms with Gasteiger partial charge in [0.05, 0.1) is 12.0 Å². The van der Waals surface area contributed by atoms with Crippen LogP contribution in [0, 0.1) is 0 Å². The van der Waals surface area contributed by atoms with E-state index in [-0.39, 0.29) is 5.91 Å². The number of benzene rings is 1. The first-order valence-corrected chi connectivity index (χ1v) is 9.41. The first-order valence-electron chi connectivity index (χ1n) is 8.53. The summed E-state index contributed by atoms with van der Waals surface area (Å²) < 4.78 is 0. The Balaban J connectivity index is 0.000000960. The molecule has 3 amide bonds. The average Bonchev–Trinajstić information content (AvgIpc) is 3.06. The molecule has 2 aromatic rings. The van der Waals surface area contributed by atoms with Crippen molar-refractivity contribution < 1.29 is 24.6 Å². The summed E-state index contributed by atoms with van der Waals surface area (Å²) in [5.41, 5.74) is 7.39. The van der Waals surface area contributed by atoms with Gasteiger partial charge >= 0.3 is 12.2 Å². The topological polar surface area (TPSA) is 167 Å². The number of amides is 3. The number of anilines is 1. The van der Waals surface area contributed by atoms with E-state index < -0.39 is 12.2 Å². The van der Waals surface area contributed by atoms with Crippen molar-refractivity contribution in [2.45, 2.75) is 26.2 Å². The summed E-state index contributed by atoms with van der Waals surface area (Å²) in [7, 11) is 0. The second kappa shape index (κ2) is 12.8. The number of carbonyl (C=O) groups is 3. The molecule has 6 N–H and O–H groups in total. The van der Waals surface area contributed by atoms with Gasteiger partial charge in [-0.2, -0.15) is 4.99 Å². The van der Waals surface area contributed by atoms with Gasteiger partial charge in [0.15, 0.2) is 5.13 Å². The molecule has 1 aromatic carbocycles. The minimum Gasteiger partial charge on any atom is -0.465 e. The highest BCUT2D eigenvalue weighted by atomic mass is 32.1. The van der Waals surface area contributed by atoms with E-state index in [1.54, 1.807) is 0 Å². The Kier molecular flexibility index (Phi) is 10.4. The van der Waals surface area contributed by atoms with E-state index in [1.807, 2.05) is 5.38 Å². The lowest BCUT2D eigenvalue weighted by Crippen LogP contribution is -2.15. The molecule has 0 aliphatic heterocycles. The molecule has 1 heterocycles. The van der Waals surface area contributed by atoms with Gasteiger partial charge in [0.1, 0.15) is 0 Å². The number of nitrogens with two attached hydrogens (primary N) is 1. The Bertz CT molecular complexity index is 831. The van der Waals surface area contributed by atoms with Gasteiger partial charge in [-0.25, -0.2) is 14.6 Å². The van der Waals surface area contributed by atoms with Gasteiger partial charge in [0.2, 0.25) is 5.91 Å². The molecule has 10 nitrogen and oxygen atoms in total. The van der Waals surface area contributed by atoms with Gasteiger partial charge in [-0.05, 0) is 30.4 Å². The largest absolute Gasteiger partial charge is 0.465 e. The summed E-state index contributed by atoms with van der Waals surface area (Å²) in [6.45, 7) is 2.10. The molecule has 29 heavy (non-hydrogen) atoms. The minimum atomic E-state index is -1.33. The van der Waals surface area contributed by atoms with E-state index in [1.165, 1.54) is 35.7 Å². The number of thiazole rings is 1. The number of nitrogens with one attached hydrogen (secondary N) is 2. The number of carbonyl (C=O) groups excluding carboxylic acids is 1. The van der Waals surface area contributed by atoms with Crippen LogP contribution in [-0.4, -0.2) is 46.2 Å². The van der Waals surface area contributed by atoms with Crippen LogP contribution in [-0.2, 0) is 24.1 Å². The number of rotatable bonds is 8. The summed E-state index contributed by atoms with van der Waals surface area (Å²) in [5, 5.41) is 23.7. The van der Waals surface area contributed by atoms with E-state index >= 15 is 0 Å². The fraction of sp³-hybridized carbons (Fsp3) is 0.278. The first kappa shape index (κ1) is 23.6. The maximum Gasteiger partial charge on any atom is 0.432 e. The molecular weight excluding hydrogens is 398 g/mol. The Morgan fingerprint density at radius 2 is 1.72 bits per heavy atom. The molecule has 0 aliphatic rings. The van der Waals surface area contributed by atoms with E-state index in [2.05, 4.69) is 50.6 Å². The molecule has 2 rings (SSSR count). The summed E-state index contributed by atoms with van der Waals surface area (Å²) in [4.78, 5) is 37.6. The number of hydrogen-bond acceptors (Lipinski definition) is 5. The Morgan fingerprint density at radius 1 is 1.14 bits per heavy atom. The molecule has 0 radical (unpaired) electrons. The molecule has 0 aliphatic carbocycles. The maximum atomic E-state index is 11.0. The number of carboxylic acid groups (broad SMARTS) is 2. The highest BCUT2D eigenvalue weighted by Crippen LogP contribution is 2.17. The summed E-state index contributed by atoms with van der Waals surface area (Å²) in [6.07, 6.45) is 1.15. The van der Waals surface area contributed by atoms with Gasteiger partial charge in [0.25, 0.3) is 0 Å². The molecule has 0 saturated carbocycles. The van der Waals surface area contributed by atoms with Crippen LogP contribution in [0.3, 0.4) is 0 Å². The van der Waals surface area contributed by atoms with Gasteiger partial charge < -0.3 is 26.6 Å². The van der Waals surface area contributed by atoms with Gasteiger partial charge in [-0.15, -0.1) is 11.3 Å². The predicted octanol–water partition coefficient (Wildman–Crippen LogP) is 2.35. The predicted molar refractivity (Wildman–Crippen MR) is 111 cm³/mol. The minimum absolute atomic E-state index is 0.111. The van der Waals surface area contributed by atoms with Crippen molar-refractivity contribution in [1.29, 1.82) is 0 Å². The molecule has 0 saturated heterocycles. The monoisotopic (exact) mass is 421 g/mol. The number of primary amides is 1. The van der Waals surface area contributed by atoms with Crippen LogP contribution >= 0.6 is 11.3 Å². The van der Waals surface area contributed by atoms with Crippen molar-refractivity contribution in [2.75, 3.05) is 11.9 Å². The van der Waals surface area contributed by atoms with Crippen molar-refractivity contribution >= 4 is 40.9 Å². The molecule has 0 spiro atoms. The van der Waals surface area contributed by atoms with Gasteiger partial charge in [-0.3, -0.25) is 4.79 Å². The molecule has 0 bridgehead atoms. The Morgan fingerprint density at radius 3 is 2.28 bits per heavy atom. The lowest BCUT2D eigenvalue weighted by atomic mass is 10.0. The fourth-order valence-electron chi connectivity index (χ4n) is 2.16. The summed E-state index contributed by atoms with van der Waals surface area (Å²) in [5.74, 6) is -0.111. The third kappa shape index (κ3) is 11.8. The molecule has 0 unspecified atom stereocenters. The highest BCUT2D eigenvalue weighted by Gasteiger charge is 2.04. The van der Waals surface area contributed by atoms with Crippen molar-refractivity contribution in [3.63, 3.8) is 0 Å². The molecule has 11 heteroatoms. The standard InChI is InChI=1S/C17H20N4O3S.CH3NO2/c1-12(22)20-16-21-15(10-25-16)7-6-13-2-4-14(5-3-13)8-9-18-11-19-17(23)24;2-1(3)4/h2-5,10-11H,6-9H2,1H3,(H,18,19)(H,23,24)(H,20,21,22);2H2,(H,3,4). The zero-order chi connectivity index (χ0) is 21.6. The zero-order valence-electron chi connectivity index (χ0n) is 15.8. The van der Waals surface area contributed by atoms with Gasteiger partial charge in [0, 0.05) is 18.8 Å². The quantitative estimate of drug-likeness (QED) is 0.248. The third-order valence-electron chi connectivity index (χ3n) is 3.35. The lowest BCUT2D eigenvalue weighted by Gasteiger charge is -2.04. The van der Waals surface area contributed by atoms with Crippen molar-refractivity contribution in [1.82, 2.24) is 10.3 Å². The third-order valence-corrected chi connectivity index (χ3v) is 4.16. The summed E-state index contributed by atoms with van der Waals surface area (Å²) in [6, 6.07) is 8.30. The van der Waals surface area contributed by atoms with Crippen molar-refractivity contribution in [2.24, 2.45) is 10.7 Å². The van der Waals surface area contributed by atoms with Crippen molar-refractivity contribution in [3.05, 3.63) is 46.5 Å². The molecule has 1 aromatic heterocycles. The molecule has 156 valence electrons. The van der Waals surface area contributed by atoms with Crippen LogP contribution < -0.4 is 16.4 Å². The van der Waals surface area contributed by atoms with Crippen LogP contribution in [0.15, 0.2) is 34.6 Å². The zero-order valence-corrected chi connectivity index (χ0v) is 16.6. The smallest absolute Gasteiger partial charge is 0.432 e. The van der Waals surface area contributed by atoms with Crippen LogP contribution in [0.1, 0.15) is 23.7 Å². The normalized spacial score (nSPS) is 10.1. The summed E-state index contributed by atoms with van der Waals surface area (Å²) >= 11 is 1.43. The fourth-order valence-corrected chi connectivity index (χ4v) is 2.95. The second-order valence-corrected chi connectivity index (χ2v) is 6.58. The van der Waals surface area contributed by atoms with Crippen LogP contribution in [0.25, 0.3) is 0 Å². The number of hydrogen-bond donors (Lipinski definition) is 5. The second-order valence-electron chi connectivity index (χ2n) is 5.72. The number of aliphatic imine (C=N–C) groups is 1. The van der Waals surface area contributed by atoms with Crippen LogP contribution in [0.2, 0.25) is 0 Å². The van der Waals surface area contributed by atoms with Gasteiger partial charge in [-0.1, -0.05) is 24.3 Å². The SMILES string of the molecule is CC(=O)Nc1nc(CCc2ccc(CCNC=NC(=O)O)cc2)cs1.NC(=O)O. The first-order chi connectivity index (χ1) is 13.8. The molecular formula is C18H23N5O5S. The molecule has 0 atom stereocenters. The van der Waals surface area contributed by atoms with E-state index in [9.17, 15) is 9.59 Å². The van der Waals surface area contributed by atoms with E-state index in [0.717, 1.165) is 25.0 Å². The highest BCUT2D eigenvalue weighted by molar-refractivity contribution is 7.13. The number of aromatic nitrogens is 1. The molecule has 0 fully saturated rings. The lowest BCUT2D eigenvalue weighted by molar-refractivity contribution is -0.114. The van der Waals surface area contributed by atoms with E-state index in [0.29, 0.717) is 11.7 Å². The number of aryl methyl sites for hydroxylation is 2. The Hall–Kier alpha value is -3.47. The van der Waals surface area contributed by atoms with Crippen LogP contribution in [0.5, 0.6) is 0 Å². The maximum absolute atomic E-state index is 11.0. The average molecular weight is 421 g/mol. The van der Waals surface area contributed by atoms with E-state index in [4.69, 9.17) is 15.0 Å². The van der Waals surface area contributed by atoms with Crippen LogP contribution in [0.4, 0.5) is 14.7 Å². The Labute approximate surface area is 171 Å². The number of nitrogens with zero attached hydrogens (tertiary/aromatic N) is 2. The van der Waals surface area contributed by atoms with Crippen molar-refractivity contribution in [3.8, 4) is 0 Å².